The number of rotatable bonds is 7. The first-order chi connectivity index (χ1) is 8.71. The number of para-hydroxylation sites is 2. The first-order valence-corrected chi connectivity index (χ1v) is 6.37. The fourth-order valence-electron chi connectivity index (χ4n) is 1.76. The molecule has 4 heteroatoms. The van der Waals surface area contributed by atoms with Crippen LogP contribution in [0.15, 0.2) is 24.3 Å². The molecule has 0 aliphatic carbocycles. The van der Waals surface area contributed by atoms with E-state index in [4.69, 9.17) is 4.74 Å². The molecule has 0 heterocycles. The summed E-state index contributed by atoms with van der Waals surface area (Å²) in [5.74, 6) is 0.625. The molecular formula is C14H22N2O2. The first-order valence-electron chi connectivity index (χ1n) is 6.37. The predicted molar refractivity (Wildman–Crippen MR) is 74.0 cm³/mol. The van der Waals surface area contributed by atoms with E-state index >= 15 is 0 Å². The van der Waals surface area contributed by atoms with Gasteiger partial charge < -0.3 is 15.4 Å². The lowest BCUT2D eigenvalue weighted by molar-refractivity contribution is -0.115. The fraction of sp³-hybridized carbons (Fsp3) is 0.500. The second-order valence-electron chi connectivity index (χ2n) is 4.14. The normalized spacial score (nSPS) is 10.4. The highest BCUT2D eigenvalue weighted by atomic mass is 16.5. The Balaban J connectivity index is 2.49. The molecule has 0 saturated heterocycles. The Morgan fingerprint density at radius 2 is 1.94 bits per heavy atom. The van der Waals surface area contributed by atoms with Crippen LogP contribution in [0.2, 0.25) is 0 Å². The van der Waals surface area contributed by atoms with E-state index in [1.54, 1.807) is 7.11 Å². The molecule has 0 spiro atoms. The lowest BCUT2D eigenvalue weighted by Crippen LogP contribution is -2.35. The van der Waals surface area contributed by atoms with E-state index in [1.165, 1.54) is 0 Å². The maximum Gasteiger partial charge on any atom is 0.238 e. The molecular weight excluding hydrogens is 228 g/mol. The Bertz CT molecular complexity index is 376. The number of hydrogen-bond acceptors (Lipinski definition) is 3. The monoisotopic (exact) mass is 250 g/mol. The van der Waals surface area contributed by atoms with Gasteiger partial charge >= 0.3 is 0 Å². The number of methoxy groups -OCH3 is 1. The smallest absolute Gasteiger partial charge is 0.238 e. The second-order valence-corrected chi connectivity index (χ2v) is 4.14. The summed E-state index contributed by atoms with van der Waals surface area (Å²) in [5.41, 5.74) is 0.705. The number of benzene rings is 1. The van der Waals surface area contributed by atoms with Crippen LogP contribution in [0.4, 0.5) is 5.69 Å². The lowest BCUT2D eigenvalue weighted by atomic mass is 10.2. The van der Waals surface area contributed by atoms with Gasteiger partial charge in [-0.2, -0.15) is 0 Å². The van der Waals surface area contributed by atoms with Crippen LogP contribution in [0.1, 0.15) is 26.7 Å². The zero-order valence-corrected chi connectivity index (χ0v) is 11.3. The van der Waals surface area contributed by atoms with E-state index in [0.717, 1.165) is 12.8 Å². The minimum Gasteiger partial charge on any atom is -0.495 e. The maximum atomic E-state index is 11.8. The second kappa shape index (κ2) is 7.71. The van der Waals surface area contributed by atoms with Crippen molar-refractivity contribution in [1.82, 2.24) is 5.32 Å². The van der Waals surface area contributed by atoms with Gasteiger partial charge in [-0.25, -0.2) is 0 Å². The van der Waals surface area contributed by atoms with Gasteiger partial charge in [-0.1, -0.05) is 26.0 Å². The molecule has 0 aliphatic heterocycles. The van der Waals surface area contributed by atoms with E-state index in [1.807, 2.05) is 24.3 Å². The maximum absolute atomic E-state index is 11.8. The SMILES string of the molecule is CCC(CC)NCC(=O)Nc1ccccc1OC. The molecule has 100 valence electrons. The largest absolute Gasteiger partial charge is 0.495 e. The predicted octanol–water partition coefficient (Wildman–Crippen LogP) is 2.41. The van der Waals surface area contributed by atoms with Crippen molar-refractivity contribution in [3.63, 3.8) is 0 Å². The summed E-state index contributed by atoms with van der Waals surface area (Å²) in [7, 11) is 1.59. The number of anilines is 1. The van der Waals surface area contributed by atoms with E-state index < -0.39 is 0 Å². The number of amides is 1. The van der Waals surface area contributed by atoms with Crippen LogP contribution < -0.4 is 15.4 Å². The quantitative estimate of drug-likeness (QED) is 0.781. The number of nitrogens with one attached hydrogen (secondary N) is 2. The third-order valence-electron chi connectivity index (χ3n) is 2.92. The van der Waals surface area contributed by atoms with Crippen molar-refractivity contribution in [2.45, 2.75) is 32.7 Å². The minimum absolute atomic E-state index is 0.0496. The molecule has 18 heavy (non-hydrogen) atoms. The highest BCUT2D eigenvalue weighted by molar-refractivity contribution is 5.93. The van der Waals surface area contributed by atoms with Gasteiger partial charge in [0.2, 0.25) is 5.91 Å². The molecule has 0 radical (unpaired) electrons. The molecule has 2 N–H and O–H groups in total. The zero-order valence-electron chi connectivity index (χ0n) is 11.3. The van der Waals surface area contributed by atoms with Crippen LogP contribution in [0.5, 0.6) is 5.75 Å². The molecule has 0 aromatic heterocycles. The van der Waals surface area contributed by atoms with Crippen LogP contribution in [0, 0.1) is 0 Å². The molecule has 1 aromatic carbocycles. The molecule has 0 atom stereocenters. The van der Waals surface area contributed by atoms with Gasteiger partial charge in [0.15, 0.2) is 0 Å². The molecule has 1 rings (SSSR count). The first kappa shape index (κ1) is 14.5. The highest BCUT2D eigenvalue weighted by Crippen LogP contribution is 2.22. The van der Waals surface area contributed by atoms with E-state index in [-0.39, 0.29) is 5.91 Å². The Kier molecular flexibility index (Phi) is 6.22. The van der Waals surface area contributed by atoms with Crippen LogP contribution >= 0.6 is 0 Å². The van der Waals surface area contributed by atoms with Gasteiger partial charge in [0.25, 0.3) is 0 Å². The Morgan fingerprint density at radius 3 is 2.56 bits per heavy atom. The van der Waals surface area contributed by atoms with Crippen molar-refractivity contribution >= 4 is 11.6 Å². The summed E-state index contributed by atoms with van der Waals surface area (Å²) >= 11 is 0. The van der Waals surface area contributed by atoms with Crippen molar-refractivity contribution in [3.8, 4) is 5.75 Å². The molecule has 0 bridgehead atoms. The summed E-state index contributed by atoms with van der Waals surface area (Å²) in [6.45, 7) is 4.54. The molecule has 0 saturated carbocycles. The molecule has 0 fully saturated rings. The van der Waals surface area contributed by atoms with Gasteiger partial charge in [-0.3, -0.25) is 4.79 Å². The van der Waals surface area contributed by atoms with Crippen LogP contribution in [-0.4, -0.2) is 25.6 Å². The molecule has 1 aromatic rings. The summed E-state index contributed by atoms with van der Waals surface area (Å²) in [6.07, 6.45) is 2.05. The number of hydrogen-bond donors (Lipinski definition) is 2. The standard InChI is InChI=1S/C14H22N2O2/c1-4-11(5-2)15-10-14(17)16-12-8-6-7-9-13(12)18-3/h6-9,11,15H,4-5,10H2,1-3H3,(H,16,17). The number of carbonyl (C=O) groups excluding carboxylic acids is 1. The van der Waals surface area contributed by atoms with Crippen molar-refractivity contribution in [3.05, 3.63) is 24.3 Å². The van der Waals surface area contributed by atoms with Crippen LogP contribution in [0.3, 0.4) is 0 Å². The summed E-state index contributed by atoms with van der Waals surface area (Å²) in [5, 5.41) is 6.06. The van der Waals surface area contributed by atoms with E-state index in [2.05, 4.69) is 24.5 Å². The van der Waals surface area contributed by atoms with Gasteiger partial charge in [0.05, 0.1) is 19.3 Å². The molecule has 0 aliphatic rings. The fourth-order valence-corrected chi connectivity index (χ4v) is 1.76. The highest BCUT2D eigenvalue weighted by Gasteiger charge is 2.08. The summed E-state index contributed by atoms with van der Waals surface area (Å²) < 4.78 is 5.18. The third-order valence-corrected chi connectivity index (χ3v) is 2.92. The van der Waals surface area contributed by atoms with Gasteiger partial charge in [0, 0.05) is 6.04 Å². The van der Waals surface area contributed by atoms with Gasteiger partial charge in [-0.15, -0.1) is 0 Å². The third kappa shape index (κ3) is 4.37. The molecule has 4 nitrogen and oxygen atoms in total. The zero-order chi connectivity index (χ0) is 13.4. The topological polar surface area (TPSA) is 50.4 Å². The van der Waals surface area contributed by atoms with E-state index in [0.29, 0.717) is 24.0 Å². The lowest BCUT2D eigenvalue weighted by Gasteiger charge is -2.15. The Morgan fingerprint density at radius 1 is 1.28 bits per heavy atom. The molecule has 1 amide bonds. The van der Waals surface area contributed by atoms with Crippen molar-refractivity contribution in [2.24, 2.45) is 0 Å². The van der Waals surface area contributed by atoms with Crippen molar-refractivity contribution in [1.29, 1.82) is 0 Å². The van der Waals surface area contributed by atoms with Crippen LogP contribution in [0.25, 0.3) is 0 Å². The summed E-state index contributed by atoms with van der Waals surface area (Å²) in [4.78, 5) is 11.8. The van der Waals surface area contributed by atoms with Gasteiger partial charge in [-0.05, 0) is 25.0 Å². The van der Waals surface area contributed by atoms with Crippen molar-refractivity contribution in [2.75, 3.05) is 19.0 Å². The van der Waals surface area contributed by atoms with Crippen molar-refractivity contribution < 1.29 is 9.53 Å². The average Bonchev–Trinajstić information content (AvgIpc) is 2.40. The Hall–Kier alpha value is -1.55. The van der Waals surface area contributed by atoms with Gasteiger partial charge in [0.1, 0.15) is 5.75 Å². The Labute approximate surface area is 109 Å². The number of ether oxygens (including phenoxy) is 1. The average molecular weight is 250 g/mol. The van der Waals surface area contributed by atoms with E-state index in [9.17, 15) is 4.79 Å². The summed E-state index contributed by atoms with van der Waals surface area (Å²) in [6, 6.07) is 7.79. The minimum atomic E-state index is -0.0496. The number of carbonyl (C=O) groups is 1. The van der Waals surface area contributed by atoms with Crippen LogP contribution in [-0.2, 0) is 4.79 Å². The molecule has 0 unspecified atom stereocenters.